The molecule has 11 heteroatoms. The summed E-state index contributed by atoms with van der Waals surface area (Å²) in [6, 6.07) is 21.5. The lowest BCUT2D eigenvalue weighted by Crippen LogP contribution is -2.33. The molecule has 2 aliphatic rings. The van der Waals surface area contributed by atoms with Crippen molar-refractivity contribution in [2.75, 3.05) is 10.2 Å². The molecule has 3 unspecified atom stereocenters. The lowest BCUT2D eigenvalue weighted by Gasteiger charge is -2.30. The third-order valence-electron chi connectivity index (χ3n) is 6.97. The summed E-state index contributed by atoms with van der Waals surface area (Å²) in [4.78, 5) is 55.5. The van der Waals surface area contributed by atoms with E-state index >= 15 is 0 Å². The van der Waals surface area contributed by atoms with Gasteiger partial charge in [0.1, 0.15) is 11.8 Å². The lowest BCUT2D eigenvalue weighted by molar-refractivity contribution is -0.122. The second-order valence-electron chi connectivity index (χ2n) is 9.62. The number of hydrogen-bond acceptors (Lipinski definition) is 6. The van der Waals surface area contributed by atoms with Gasteiger partial charge >= 0.3 is 4.87 Å². The van der Waals surface area contributed by atoms with Crippen molar-refractivity contribution in [1.82, 2.24) is 4.57 Å². The van der Waals surface area contributed by atoms with Crippen LogP contribution in [-0.2, 0) is 20.9 Å². The highest BCUT2D eigenvalue weighted by Crippen LogP contribution is 2.54. The van der Waals surface area contributed by atoms with Crippen molar-refractivity contribution in [3.05, 3.63) is 108 Å². The zero-order valence-electron chi connectivity index (χ0n) is 21.0. The van der Waals surface area contributed by atoms with Crippen LogP contribution in [0.4, 0.5) is 11.4 Å². The Morgan fingerprint density at radius 1 is 1.00 bits per heavy atom. The number of aromatic nitrogens is 1. The number of halogens is 2. The minimum Gasteiger partial charge on any atom is -0.325 e. The molecule has 3 atom stereocenters. The summed E-state index contributed by atoms with van der Waals surface area (Å²) in [5.74, 6) is -2.28. The molecule has 3 amide bonds. The van der Waals surface area contributed by atoms with Gasteiger partial charge in [-0.3, -0.25) is 23.7 Å². The van der Waals surface area contributed by atoms with Crippen LogP contribution >= 0.6 is 50.6 Å². The summed E-state index contributed by atoms with van der Waals surface area (Å²) in [6.07, 6.45) is 0. The van der Waals surface area contributed by atoms with Crippen LogP contribution in [0, 0.1) is 12.8 Å². The molecule has 1 fully saturated rings. The Hall–Kier alpha value is -3.18. The molecule has 0 bridgehead atoms. The molecule has 1 saturated heterocycles. The number of amides is 3. The number of carbonyl (C=O) groups excluding carboxylic acids is 3. The number of thiazole rings is 1. The lowest BCUT2D eigenvalue weighted by atomic mass is 9.83. The normalized spacial score (nSPS) is 19.9. The van der Waals surface area contributed by atoms with E-state index in [0.717, 1.165) is 26.9 Å². The Morgan fingerprint density at radius 2 is 1.73 bits per heavy atom. The Balaban J connectivity index is 1.41. The van der Waals surface area contributed by atoms with Gasteiger partial charge in [0.15, 0.2) is 0 Å². The zero-order chi connectivity index (χ0) is 28.1. The summed E-state index contributed by atoms with van der Waals surface area (Å²) in [5.41, 5.74) is 2.90. The average molecular weight is 655 g/mol. The van der Waals surface area contributed by atoms with Gasteiger partial charge in [-0.05, 0) is 66.6 Å². The maximum atomic E-state index is 13.9. The number of fused-ring (bicyclic) bond motifs is 2. The summed E-state index contributed by atoms with van der Waals surface area (Å²) in [5, 5.41) is 3.13. The van der Waals surface area contributed by atoms with Crippen LogP contribution in [0.3, 0.4) is 0 Å². The second kappa shape index (κ2) is 10.7. The van der Waals surface area contributed by atoms with Crippen LogP contribution in [0.15, 0.2) is 87.1 Å². The first-order valence-corrected chi connectivity index (χ1v) is 15.2. The maximum Gasteiger partial charge on any atom is 0.308 e. The quantitative estimate of drug-likeness (QED) is 0.264. The highest BCUT2D eigenvalue weighted by molar-refractivity contribution is 9.10. The highest BCUT2D eigenvalue weighted by Gasteiger charge is 2.56. The number of aryl methyl sites for hydroxylation is 1. The van der Waals surface area contributed by atoms with Crippen LogP contribution in [0.5, 0.6) is 0 Å². The van der Waals surface area contributed by atoms with Gasteiger partial charge in [0, 0.05) is 26.0 Å². The summed E-state index contributed by atoms with van der Waals surface area (Å²) in [6.45, 7) is 1.72. The molecule has 0 aliphatic carbocycles. The predicted octanol–water partition coefficient (Wildman–Crippen LogP) is 6.07. The zero-order valence-corrected chi connectivity index (χ0v) is 24.9. The number of carbonyl (C=O) groups is 3. The molecule has 3 heterocycles. The first-order valence-electron chi connectivity index (χ1n) is 12.4. The fourth-order valence-electron chi connectivity index (χ4n) is 5.20. The van der Waals surface area contributed by atoms with E-state index in [1.807, 2.05) is 49.4 Å². The first-order chi connectivity index (χ1) is 19.2. The van der Waals surface area contributed by atoms with Crippen LogP contribution in [-0.4, -0.2) is 27.5 Å². The number of imide groups is 1. The van der Waals surface area contributed by atoms with Gasteiger partial charge in [-0.1, -0.05) is 74.9 Å². The van der Waals surface area contributed by atoms with Crippen molar-refractivity contribution in [2.45, 2.75) is 29.7 Å². The van der Waals surface area contributed by atoms with Crippen molar-refractivity contribution >= 4 is 79.7 Å². The van der Waals surface area contributed by atoms with Gasteiger partial charge in [-0.2, -0.15) is 0 Å². The topological polar surface area (TPSA) is 88.5 Å². The van der Waals surface area contributed by atoms with Crippen molar-refractivity contribution in [1.29, 1.82) is 0 Å². The van der Waals surface area contributed by atoms with Crippen molar-refractivity contribution < 1.29 is 14.4 Å². The van der Waals surface area contributed by atoms with E-state index < -0.39 is 17.1 Å². The number of rotatable bonds is 5. The molecule has 40 heavy (non-hydrogen) atoms. The van der Waals surface area contributed by atoms with Gasteiger partial charge in [-0.25, -0.2) is 4.90 Å². The first kappa shape index (κ1) is 27.0. The SMILES string of the molecule is Cc1cccc(NC(=O)Cn2c3c(sc2=O)C(c2ccc(Br)cc2)C2C(=O)N(c4ccc(Cl)cc4)C(=O)C2S3)c1. The smallest absolute Gasteiger partial charge is 0.308 e. The number of thioether (sulfide) groups is 1. The molecule has 6 rings (SSSR count). The molecule has 7 nitrogen and oxygen atoms in total. The van der Waals surface area contributed by atoms with Crippen molar-refractivity contribution in [2.24, 2.45) is 5.92 Å². The van der Waals surface area contributed by atoms with E-state index in [2.05, 4.69) is 21.2 Å². The molecule has 2 aliphatic heterocycles. The monoisotopic (exact) mass is 653 g/mol. The number of benzene rings is 3. The van der Waals surface area contributed by atoms with Gasteiger partial charge in [0.05, 0.1) is 16.6 Å². The Morgan fingerprint density at radius 3 is 2.42 bits per heavy atom. The van der Waals surface area contributed by atoms with Crippen molar-refractivity contribution in [3.8, 4) is 0 Å². The van der Waals surface area contributed by atoms with Crippen molar-refractivity contribution in [3.63, 3.8) is 0 Å². The maximum absolute atomic E-state index is 13.9. The molecular weight excluding hydrogens is 634 g/mol. The Kier molecular flexibility index (Phi) is 7.20. The number of anilines is 2. The fraction of sp³-hybridized carbons (Fsp3) is 0.172. The van der Waals surface area contributed by atoms with E-state index in [4.69, 9.17) is 11.6 Å². The third-order valence-corrected chi connectivity index (χ3v) is 10.4. The summed E-state index contributed by atoms with van der Waals surface area (Å²) in [7, 11) is 0. The van der Waals surface area contributed by atoms with E-state index in [1.54, 1.807) is 30.3 Å². The summed E-state index contributed by atoms with van der Waals surface area (Å²) >= 11 is 11.7. The third kappa shape index (κ3) is 4.83. The number of nitrogens with zero attached hydrogens (tertiary/aromatic N) is 2. The molecule has 4 aromatic rings. The molecule has 0 saturated carbocycles. The predicted molar refractivity (Wildman–Crippen MR) is 161 cm³/mol. The Labute approximate surface area is 251 Å². The second-order valence-corrected chi connectivity index (χ2v) is 13.1. The molecule has 3 aromatic carbocycles. The van der Waals surface area contributed by atoms with E-state index in [9.17, 15) is 19.2 Å². The van der Waals surface area contributed by atoms with Gasteiger partial charge in [-0.15, -0.1) is 0 Å². The minimum atomic E-state index is -0.760. The number of hydrogen-bond donors (Lipinski definition) is 1. The molecule has 1 N–H and O–H groups in total. The van der Waals surface area contributed by atoms with Gasteiger partial charge in [0.25, 0.3) is 0 Å². The van der Waals surface area contributed by atoms with Crippen LogP contribution < -0.4 is 15.1 Å². The van der Waals surface area contributed by atoms with E-state index in [-0.39, 0.29) is 29.1 Å². The summed E-state index contributed by atoms with van der Waals surface area (Å²) < 4.78 is 2.29. The van der Waals surface area contributed by atoms with Gasteiger partial charge < -0.3 is 5.32 Å². The molecular formula is C29H21BrClN3O4S2. The molecule has 1 aromatic heterocycles. The average Bonchev–Trinajstić information content (AvgIpc) is 3.36. The van der Waals surface area contributed by atoms with Crippen LogP contribution in [0.25, 0.3) is 0 Å². The molecule has 0 spiro atoms. The molecule has 0 radical (unpaired) electrons. The van der Waals surface area contributed by atoms with Crippen LogP contribution in [0.2, 0.25) is 5.02 Å². The van der Waals surface area contributed by atoms with Gasteiger partial charge in [0.2, 0.25) is 17.7 Å². The fourth-order valence-corrected chi connectivity index (χ4v) is 8.36. The van der Waals surface area contributed by atoms with E-state index in [1.165, 1.54) is 21.2 Å². The van der Waals surface area contributed by atoms with Crippen LogP contribution in [0.1, 0.15) is 21.9 Å². The molecule has 202 valence electrons. The largest absolute Gasteiger partial charge is 0.325 e. The minimum absolute atomic E-state index is 0.209. The Bertz CT molecular complexity index is 1720. The highest BCUT2D eigenvalue weighted by atomic mass is 79.9. The number of nitrogens with one attached hydrogen (secondary N) is 1. The van der Waals surface area contributed by atoms with E-state index in [0.29, 0.717) is 26.3 Å². The standard InChI is InChI=1S/C29H21BrClN3O4S2/c1-15-3-2-4-19(13-15)32-21(35)14-33-28-25(40-29(33)38)22(16-5-7-17(30)8-6-16)23-24(39-28)27(37)34(26(23)36)20-11-9-18(31)10-12-20/h2-13,22-24H,14H2,1H3,(H,32,35).